The summed E-state index contributed by atoms with van der Waals surface area (Å²) in [6, 6.07) is 11.2. The van der Waals surface area contributed by atoms with Gasteiger partial charge in [0, 0.05) is 24.2 Å². The summed E-state index contributed by atoms with van der Waals surface area (Å²) >= 11 is 0. The number of aromatic nitrogens is 2. The van der Waals surface area contributed by atoms with E-state index in [0.717, 1.165) is 12.1 Å². The van der Waals surface area contributed by atoms with Gasteiger partial charge in [0.25, 0.3) is 5.91 Å². The summed E-state index contributed by atoms with van der Waals surface area (Å²) in [7, 11) is 0. The van der Waals surface area contributed by atoms with Gasteiger partial charge in [-0.05, 0) is 36.4 Å². The number of halogens is 3. The van der Waals surface area contributed by atoms with Gasteiger partial charge in [0.1, 0.15) is 11.5 Å². The van der Waals surface area contributed by atoms with Crippen LogP contribution in [0.5, 0.6) is 11.5 Å². The molecule has 0 unspecified atom stereocenters. The lowest BCUT2D eigenvalue weighted by Gasteiger charge is -2.11. The number of alkyl halides is 3. The molecule has 0 aliphatic carbocycles. The number of benzene rings is 2. The number of amides is 1. The van der Waals surface area contributed by atoms with E-state index in [1.807, 2.05) is 0 Å². The minimum Gasteiger partial charge on any atom is -0.485 e. The number of nitrogens with one attached hydrogen (secondary N) is 1. The van der Waals surface area contributed by atoms with Gasteiger partial charge in [-0.15, -0.1) is 13.2 Å². The van der Waals surface area contributed by atoms with Gasteiger partial charge in [0.05, 0.1) is 0 Å². The Labute approximate surface area is 157 Å². The second-order valence-corrected chi connectivity index (χ2v) is 5.57. The molecule has 0 atom stereocenters. The topological polar surface area (TPSA) is 86.5 Å². The van der Waals surface area contributed by atoms with Crippen LogP contribution in [0.2, 0.25) is 0 Å². The number of aryl methyl sites for hydroxylation is 1. The maximum atomic E-state index is 12.3. The van der Waals surface area contributed by atoms with Crippen LogP contribution in [0.3, 0.4) is 0 Å². The lowest BCUT2D eigenvalue weighted by atomic mass is 10.2. The molecular formula is C18H14F3N3O4. The Balaban J connectivity index is 1.59. The number of hydrogen-bond donors (Lipinski definition) is 1. The van der Waals surface area contributed by atoms with Gasteiger partial charge in [-0.1, -0.05) is 11.2 Å². The van der Waals surface area contributed by atoms with Crippen molar-refractivity contribution in [2.75, 3.05) is 5.32 Å². The van der Waals surface area contributed by atoms with Crippen LogP contribution in [0.4, 0.5) is 18.9 Å². The van der Waals surface area contributed by atoms with E-state index < -0.39 is 18.0 Å². The molecule has 146 valence electrons. The summed E-state index contributed by atoms with van der Waals surface area (Å²) < 4.78 is 51.0. The van der Waals surface area contributed by atoms with Crippen LogP contribution in [-0.2, 0) is 6.61 Å². The van der Waals surface area contributed by atoms with Gasteiger partial charge in [0.2, 0.25) is 11.7 Å². The molecule has 1 heterocycles. The van der Waals surface area contributed by atoms with Crippen LogP contribution >= 0.6 is 0 Å². The zero-order valence-electron chi connectivity index (χ0n) is 14.5. The van der Waals surface area contributed by atoms with Crippen molar-refractivity contribution in [3.63, 3.8) is 0 Å². The van der Waals surface area contributed by atoms with E-state index in [1.54, 1.807) is 19.1 Å². The van der Waals surface area contributed by atoms with Gasteiger partial charge in [0.15, 0.2) is 6.61 Å². The lowest BCUT2D eigenvalue weighted by Crippen LogP contribution is -2.17. The molecule has 0 fully saturated rings. The summed E-state index contributed by atoms with van der Waals surface area (Å²) in [5.41, 5.74) is 0.462. The molecule has 7 nitrogen and oxygen atoms in total. The third kappa shape index (κ3) is 5.47. The largest absolute Gasteiger partial charge is 0.573 e. The van der Waals surface area contributed by atoms with E-state index in [-0.39, 0.29) is 12.3 Å². The molecule has 0 aliphatic heterocycles. The summed E-state index contributed by atoms with van der Waals surface area (Å²) in [5, 5.41) is 6.20. The Kier molecular flexibility index (Phi) is 5.48. The van der Waals surface area contributed by atoms with E-state index in [0.29, 0.717) is 23.0 Å². The van der Waals surface area contributed by atoms with Gasteiger partial charge in [-0.2, -0.15) is 4.98 Å². The highest BCUT2D eigenvalue weighted by Crippen LogP contribution is 2.25. The highest BCUT2D eigenvalue weighted by atomic mass is 19.4. The molecule has 0 radical (unpaired) electrons. The summed E-state index contributed by atoms with van der Waals surface area (Å²) in [4.78, 5) is 16.3. The minimum absolute atomic E-state index is 0.106. The molecular weight excluding hydrogens is 379 g/mol. The highest BCUT2D eigenvalue weighted by molar-refractivity contribution is 6.04. The van der Waals surface area contributed by atoms with Crippen molar-refractivity contribution in [3.05, 3.63) is 65.8 Å². The van der Waals surface area contributed by atoms with Crippen LogP contribution in [-0.4, -0.2) is 22.4 Å². The van der Waals surface area contributed by atoms with Gasteiger partial charge in [-0.25, -0.2) is 0 Å². The molecule has 0 saturated heterocycles. The summed E-state index contributed by atoms with van der Waals surface area (Å²) in [5.74, 6) is 0.380. The monoisotopic (exact) mass is 393 g/mol. The standard InChI is InChI=1S/C18H14F3N3O4/c1-11-22-16(24-28-11)10-26-14-7-5-12(6-8-14)17(25)23-13-3-2-4-15(9-13)27-18(19,20)21/h2-9H,10H2,1H3,(H,23,25). The summed E-state index contributed by atoms with van der Waals surface area (Å²) in [6.45, 7) is 1.77. The zero-order valence-corrected chi connectivity index (χ0v) is 14.5. The molecule has 3 aromatic rings. The van der Waals surface area contributed by atoms with Crippen molar-refractivity contribution in [3.8, 4) is 11.5 Å². The average molecular weight is 393 g/mol. The van der Waals surface area contributed by atoms with Crippen LogP contribution in [0.15, 0.2) is 53.1 Å². The number of hydrogen-bond acceptors (Lipinski definition) is 6. The normalized spacial score (nSPS) is 11.1. The number of carbonyl (C=O) groups is 1. The number of nitrogens with zero attached hydrogens (tertiary/aromatic N) is 2. The first-order valence-electron chi connectivity index (χ1n) is 7.98. The fourth-order valence-electron chi connectivity index (χ4n) is 2.22. The third-order valence-electron chi connectivity index (χ3n) is 3.38. The molecule has 3 rings (SSSR count). The molecule has 0 saturated carbocycles. The average Bonchev–Trinajstić information content (AvgIpc) is 3.04. The molecule has 10 heteroatoms. The van der Waals surface area contributed by atoms with Crippen molar-refractivity contribution in [1.82, 2.24) is 10.1 Å². The molecule has 1 N–H and O–H groups in total. The number of rotatable bonds is 6. The quantitative estimate of drug-likeness (QED) is 0.678. The van der Waals surface area contributed by atoms with Gasteiger partial charge < -0.3 is 19.3 Å². The second kappa shape index (κ2) is 7.99. The van der Waals surface area contributed by atoms with E-state index in [1.165, 1.54) is 24.3 Å². The van der Waals surface area contributed by atoms with Crippen LogP contribution in [0, 0.1) is 6.92 Å². The van der Waals surface area contributed by atoms with Gasteiger partial charge in [-0.3, -0.25) is 4.79 Å². The first kappa shape index (κ1) is 19.2. The van der Waals surface area contributed by atoms with Crippen molar-refractivity contribution in [2.24, 2.45) is 0 Å². The Morgan fingerprint density at radius 2 is 1.89 bits per heavy atom. The van der Waals surface area contributed by atoms with E-state index >= 15 is 0 Å². The van der Waals surface area contributed by atoms with Crippen molar-refractivity contribution in [2.45, 2.75) is 19.9 Å². The Hall–Kier alpha value is -3.56. The van der Waals surface area contributed by atoms with E-state index in [4.69, 9.17) is 9.26 Å². The number of carbonyl (C=O) groups excluding carboxylic acids is 1. The minimum atomic E-state index is -4.81. The molecule has 28 heavy (non-hydrogen) atoms. The lowest BCUT2D eigenvalue weighted by molar-refractivity contribution is -0.274. The Morgan fingerprint density at radius 3 is 2.54 bits per heavy atom. The predicted molar refractivity (Wildman–Crippen MR) is 90.9 cm³/mol. The molecule has 1 amide bonds. The first-order valence-corrected chi connectivity index (χ1v) is 7.98. The highest BCUT2D eigenvalue weighted by Gasteiger charge is 2.31. The van der Waals surface area contributed by atoms with E-state index in [9.17, 15) is 18.0 Å². The Bertz CT molecular complexity index is 955. The number of ether oxygens (including phenoxy) is 2. The maximum absolute atomic E-state index is 12.3. The molecule has 1 aromatic heterocycles. The molecule has 0 spiro atoms. The fourth-order valence-corrected chi connectivity index (χ4v) is 2.22. The number of anilines is 1. The second-order valence-electron chi connectivity index (χ2n) is 5.57. The van der Waals surface area contributed by atoms with Gasteiger partial charge >= 0.3 is 6.36 Å². The SMILES string of the molecule is Cc1nc(COc2ccc(C(=O)Nc3cccc(OC(F)(F)F)c3)cc2)no1. The fraction of sp³-hybridized carbons (Fsp3) is 0.167. The first-order chi connectivity index (χ1) is 13.3. The van der Waals surface area contributed by atoms with E-state index in [2.05, 4.69) is 20.2 Å². The van der Waals surface area contributed by atoms with Crippen molar-refractivity contribution >= 4 is 11.6 Å². The Morgan fingerprint density at radius 1 is 1.14 bits per heavy atom. The molecule has 0 bridgehead atoms. The third-order valence-corrected chi connectivity index (χ3v) is 3.38. The van der Waals surface area contributed by atoms with Crippen LogP contribution in [0.25, 0.3) is 0 Å². The predicted octanol–water partition coefficient (Wildman–Crippen LogP) is 4.11. The van der Waals surface area contributed by atoms with Crippen LogP contribution in [0.1, 0.15) is 22.1 Å². The van der Waals surface area contributed by atoms with Crippen LogP contribution < -0.4 is 14.8 Å². The smallest absolute Gasteiger partial charge is 0.485 e. The van der Waals surface area contributed by atoms with Crippen molar-refractivity contribution < 1.29 is 32.0 Å². The molecule has 0 aliphatic rings. The zero-order chi connectivity index (χ0) is 20.1. The molecule has 2 aromatic carbocycles. The van der Waals surface area contributed by atoms with Crippen molar-refractivity contribution in [1.29, 1.82) is 0 Å². The maximum Gasteiger partial charge on any atom is 0.573 e. The summed E-state index contributed by atoms with van der Waals surface area (Å²) in [6.07, 6.45) is -4.81.